The Kier molecular flexibility index (Phi) is 4.99. The molecule has 28 heavy (non-hydrogen) atoms. The molecule has 0 unspecified atom stereocenters. The van der Waals surface area contributed by atoms with Crippen LogP contribution in [-0.4, -0.2) is 29.5 Å². The van der Waals surface area contributed by atoms with Crippen LogP contribution >= 0.6 is 11.3 Å². The fourth-order valence-corrected chi connectivity index (χ4v) is 3.82. The number of rotatable bonds is 6. The molecule has 142 valence electrons. The van der Waals surface area contributed by atoms with Crippen molar-refractivity contribution in [3.05, 3.63) is 65.8 Å². The first kappa shape index (κ1) is 18.1. The number of benzene rings is 2. The molecule has 0 atom stereocenters. The van der Waals surface area contributed by atoms with Gasteiger partial charge in [-0.15, -0.1) is 11.3 Å². The average Bonchev–Trinajstić information content (AvgIpc) is 3.30. The second kappa shape index (κ2) is 7.74. The van der Waals surface area contributed by atoms with Gasteiger partial charge in [0.15, 0.2) is 4.96 Å². The van der Waals surface area contributed by atoms with E-state index in [1.165, 1.54) is 11.3 Å². The number of carbonyl (C=O) groups is 1. The molecule has 2 aromatic heterocycles. The number of carbonyl (C=O) groups excluding carboxylic acids is 1. The van der Waals surface area contributed by atoms with Gasteiger partial charge in [0.1, 0.15) is 11.5 Å². The molecule has 1 N–H and O–H groups in total. The lowest BCUT2D eigenvalue weighted by molar-refractivity contribution is -0.115. The summed E-state index contributed by atoms with van der Waals surface area (Å²) in [5, 5.41) is 4.87. The van der Waals surface area contributed by atoms with Gasteiger partial charge in [-0.1, -0.05) is 18.2 Å². The van der Waals surface area contributed by atoms with Crippen molar-refractivity contribution < 1.29 is 14.3 Å². The van der Waals surface area contributed by atoms with Crippen molar-refractivity contribution in [3.63, 3.8) is 0 Å². The van der Waals surface area contributed by atoms with Gasteiger partial charge in [0.05, 0.1) is 26.3 Å². The van der Waals surface area contributed by atoms with E-state index in [1.54, 1.807) is 20.3 Å². The molecular formula is C21H19N3O3S. The Hall–Kier alpha value is -3.32. The van der Waals surface area contributed by atoms with Gasteiger partial charge in [-0.25, -0.2) is 4.98 Å². The van der Waals surface area contributed by atoms with Crippen LogP contribution in [0.1, 0.15) is 5.69 Å². The number of hydrogen-bond acceptors (Lipinski definition) is 5. The maximum absolute atomic E-state index is 12.5. The first-order valence-corrected chi connectivity index (χ1v) is 9.58. The topological polar surface area (TPSA) is 64.9 Å². The Morgan fingerprint density at radius 1 is 1.11 bits per heavy atom. The predicted octanol–water partition coefficient (Wildman–Crippen LogP) is 4.26. The number of anilines is 1. The van der Waals surface area contributed by atoms with E-state index in [9.17, 15) is 4.79 Å². The van der Waals surface area contributed by atoms with E-state index in [1.807, 2.05) is 58.4 Å². The molecule has 0 saturated carbocycles. The lowest BCUT2D eigenvalue weighted by Crippen LogP contribution is -2.15. The SMILES string of the molecule is COc1cccc(NC(=O)Cc2csc3nc(-c4cccc(OC)c4)cn23)c1. The van der Waals surface area contributed by atoms with Crippen LogP contribution in [0.15, 0.2) is 60.1 Å². The molecule has 1 amide bonds. The Morgan fingerprint density at radius 3 is 2.64 bits per heavy atom. The number of amides is 1. The maximum Gasteiger partial charge on any atom is 0.230 e. The van der Waals surface area contributed by atoms with E-state index in [4.69, 9.17) is 9.47 Å². The summed E-state index contributed by atoms with van der Waals surface area (Å²) < 4.78 is 12.4. The Balaban J connectivity index is 1.54. The summed E-state index contributed by atoms with van der Waals surface area (Å²) in [5.74, 6) is 1.39. The highest BCUT2D eigenvalue weighted by molar-refractivity contribution is 7.15. The molecule has 4 rings (SSSR count). The summed E-state index contributed by atoms with van der Waals surface area (Å²) in [6, 6.07) is 15.1. The zero-order valence-corrected chi connectivity index (χ0v) is 16.3. The van der Waals surface area contributed by atoms with E-state index in [0.717, 1.165) is 27.7 Å². The van der Waals surface area contributed by atoms with Crippen molar-refractivity contribution >= 4 is 27.9 Å². The summed E-state index contributed by atoms with van der Waals surface area (Å²) in [6.07, 6.45) is 2.21. The van der Waals surface area contributed by atoms with Gasteiger partial charge in [0, 0.05) is 34.6 Å². The number of ether oxygens (including phenoxy) is 2. The highest BCUT2D eigenvalue weighted by Crippen LogP contribution is 2.26. The highest BCUT2D eigenvalue weighted by Gasteiger charge is 2.13. The number of thiazole rings is 1. The minimum atomic E-state index is -0.0930. The molecule has 2 heterocycles. The Morgan fingerprint density at radius 2 is 1.86 bits per heavy atom. The molecular weight excluding hydrogens is 374 g/mol. The van der Waals surface area contributed by atoms with Crippen LogP contribution < -0.4 is 14.8 Å². The van der Waals surface area contributed by atoms with Crippen molar-refractivity contribution in [1.29, 1.82) is 0 Å². The zero-order valence-electron chi connectivity index (χ0n) is 15.5. The molecule has 7 heteroatoms. The van der Waals surface area contributed by atoms with Gasteiger partial charge in [-0.3, -0.25) is 9.20 Å². The number of aromatic nitrogens is 2. The van der Waals surface area contributed by atoms with Gasteiger partial charge < -0.3 is 14.8 Å². The van der Waals surface area contributed by atoms with Crippen LogP contribution in [0.3, 0.4) is 0 Å². The molecule has 4 aromatic rings. The number of imidazole rings is 1. The Bertz CT molecular complexity index is 1130. The van der Waals surface area contributed by atoms with Crippen LogP contribution in [0.4, 0.5) is 5.69 Å². The van der Waals surface area contributed by atoms with Crippen LogP contribution in [-0.2, 0) is 11.2 Å². The quantitative estimate of drug-likeness (QED) is 0.532. The number of methoxy groups -OCH3 is 2. The second-order valence-electron chi connectivity index (χ2n) is 6.19. The van der Waals surface area contributed by atoms with Crippen molar-refractivity contribution in [3.8, 4) is 22.8 Å². The standard InChI is InChI=1S/C21H19N3O3S/c1-26-17-7-3-5-14(9-17)19-12-24-16(13-28-21(24)23-19)11-20(25)22-15-6-4-8-18(10-15)27-2/h3-10,12-13H,11H2,1-2H3,(H,22,25). The van der Waals surface area contributed by atoms with Gasteiger partial charge in [-0.2, -0.15) is 0 Å². The van der Waals surface area contributed by atoms with Crippen LogP contribution in [0.2, 0.25) is 0 Å². The van der Waals surface area contributed by atoms with E-state index in [0.29, 0.717) is 11.4 Å². The van der Waals surface area contributed by atoms with Crippen molar-refractivity contribution in [2.75, 3.05) is 19.5 Å². The largest absolute Gasteiger partial charge is 0.497 e. The van der Waals surface area contributed by atoms with Crippen molar-refractivity contribution in [2.45, 2.75) is 6.42 Å². The third-order valence-corrected chi connectivity index (χ3v) is 5.23. The van der Waals surface area contributed by atoms with E-state index in [2.05, 4.69) is 10.3 Å². The Labute approximate surface area is 166 Å². The fraction of sp³-hybridized carbons (Fsp3) is 0.143. The summed E-state index contributed by atoms with van der Waals surface area (Å²) in [7, 11) is 3.24. The van der Waals surface area contributed by atoms with Crippen molar-refractivity contribution in [2.24, 2.45) is 0 Å². The van der Waals surface area contributed by atoms with E-state index < -0.39 is 0 Å². The second-order valence-corrected chi connectivity index (χ2v) is 7.03. The molecule has 0 aliphatic heterocycles. The number of nitrogens with one attached hydrogen (secondary N) is 1. The van der Waals surface area contributed by atoms with Crippen LogP contribution in [0.5, 0.6) is 11.5 Å². The van der Waals surface area contributed by atoms with Crippen molar-refractivity contribution in [1.82, 2.24) is 9.38 Å². The molecule has 0 bridgehead atoms. The van der Waals surface area contributed by atoms with Gasteiger partial charge in [0.2, 0.25) is 5.91 Å². The predicted molar refractivity (Wildman–Crippen MR) is 110 cm³/mol. The zero-order chi connectivity index (χ0) is 19.5. The molecule has 0 spiro atoms. The average molecular weight is 393 g/mol. The van der Waals surface area contributed by atoms with Gasteiger partial charge >= 0.3 is 0 Å². The molecule has 2 aromatic carbocycles. The fourth-order valence-electron chi connectivity index (χ4n) is 2.95. The maximum atomic E-state index is 12.5. The van der Waals surface area contributed by atoms with Gasteiger partial charge in [-0.05, 0) is 24.3 Å². The number of hydrogen-bond donors (Lipinski definition) is 1. The summed E-state index contributed by atoms with van der Waals surface area (Å²) >= 11 is 1.51. The number of fused-ring (bicyclic) bond motifs is 1. The monoisotopic (exact) mass is 393 g/mol. The first-order chi connectivity index (χ1) is 13.7. The minimum absolute atomic E-state index is 0.0930. The normalized spacial score (nSPS) is 10.8. The molecule has 0 fully saturated rings. The van der Waals surface area contributed by atoms with Crippen LogP contribution in [0.25, 0.3) is 16.2 Å². The lowest BCUT2D eigenvalue weighted by Gasteiger charge is -2.06. The third-order valence-electron chi connectivity index (χ3n) is 4.34. The highest BCUT2D eigenvalue weighted by atomic mass is 32.1. The molecule has 0 radical (unpaired) electrons. The minimum Gasteiger partial charge on any atom is -0.497 e. The summed E-state index contributed by atoms with van der Waals surface area (Å²) in [4.78, 5) is 18.0. The summed E-state index contributed by atoms with van der Waals surface area (Å²) in [5.41, 5.74) is 3.42. The molecule has 6 nitrogen and oxygen atoms in total. The number of nitrogens with zero attached hydrogens (tertiary/aromatic N) is 2. The smallest absolute Gasteiger partial charge is 0.230 e. The first-order valence-electron chi connectivity index (χ1n) is 8.70. The third kappa shape index (κ3) is 3.70. The molecule has 0 aliphatic carbocycles. The summed E-state index contributed by atoms with van der Waals surface area (Å²) in [6.45, 7) is 0. The van der Waals surface area contributed by atoms with E-state index in [-0.39, 0.29) is 12.3 Å². The van der Waals surface area contributed by atoms with Crippen LogP contribution in [0, 0.1) is 0 Å². The molecule has 0 saturated heterocycles. The van der Waals surface area contributed by atoms with E-state index >= 15 is 0 Å². The lowest BCUT2D eigenvalue weighted by atomic mass is 10.1. The molecule has 0 aliphatic rings. The van der Waals surface area contributed by atoms with Gasteiger partial charge in [0.25, 0.3) is 0 Å².